The van der Waals surface area contributed by atoms with E-state index < -0.39 is 10.0 Å². The first-order valence-corrected chi connectivity index (χ1v) is 12.0. The highest BCUT2D eigenvalue weighted by Crippen LogP contribution is 2.26. The van der Waals surface area contributed by atoms with Crippen LogP contribution >= 0.6 is 0 Å². The summed E-state index contributed by atoms with van der Waals surface area (Å²) in [7, 11) is -3.61. The lowest BCUT2D eigenvalue weighted by molar-refractivity contribution is -0.120. The number of benzene rings is 1. The van der Waals surface area contributed by atoms with Crippen LogP contribution in [0.1, 0.15) is 26.7 Å². The van der Waals surface area contributed by atoms with Crippen molar-refractivity contribution in [3.63, 3.8) is 0 Å². The largest absolute Gasteiger partial charge is 0.491 e. The maximum atomic E-state index is 13.0. The number of nitrogens with one attached hydrogen (secondary N) is 1. The van der Waals surface area contributed by atoms with E-state index in [1.54, 1.807) is 41.3 Å². The molecule has 3 rings (SSSR count). The number of rotatable bonds is 10. The molecule has 1 N–H and O–H groups in total. The van der Waals surface area contributed by atoms with Gasteiger partial charge in [0.05, 0.1) is 23.4 Å². The summed E-state index contributed by atoms with van der Waals surface area (Å²) in [5, 5.41) is 7.01. The van der Waals surface area contributed by atoms with E-state index in [1.165, 1.54) is 4.31 Å². The molecule has 1 aliphatic rings. The Morgan fingerprint density at radius 1 is 1.16 bits per heavy atom. The first kappa shape index (κ1) is 23.2. The monoisotopic (exact) mass is 450 g/mol. The molecule has 0 aliphatic carbocycles. The van der Waals surface area contributed by atoms with Crippen molar-refractivity contribution in [2.45, 2.75) is 38.1 Å². The average Bonchev–Trinajstić information content (AvgIpc) is 3.24. The van der Waals surface area contributed by atoms with Crippen LogP contribution in [0, 0.1) is 5.92 Å². The van der Waals surface area contributed by atoms with E-state index in [0.717, 1.165) is 6.54 Å². The molecule has 0 atom stereocenters. The van der Waals surface area contributed by atoms with Gasteiger partial charge in [0.2, 0.25) is 15.9 Å². The van der Waals surface area contributed by atoms with E-state index in [2.05, 4.69) is 10.4 Å². The molecule has 0 spiro atoms. The number of hydrogen-bond acceptors (Lipinski definition) is 6. The Morgan fingerprint density at radius 2 is 1.87 bits per heavy atom. The van der Waals surface area contributed by atoms with Gasteiger partial charge in [-0.15, -0.1) is 0 Å². The highest BCUT2D eigenvalue weighted by molar-refractivity contribution is 7.89. The predicted molar refractivity (Wildman–Crippen MR) is 116 cm³/mol. The van der Waals surface area contributed by atoms with E-state index in [0.29, 0.717) is 57.2 Å². The van der Waals surface area contributed by atoms with Crippen LogP contribution in [0.25, 0.3) is 0 Å². The van der Waals surface area contributed by atoms with Crippen LogP contribution in [0.5, 0.6) is 5.75 Å². The second-order valence-electron chi connectivity index (χ2n) is 7.27. The van der Waals surface area contributed by atoms with Crippen LogP contribution in [0.3, 0.4) is 0 Å². The van der Waals surface area contributed by atoms with Crippen molar-refractivity contribution in [1.29, 1.82) is 0 Å². The Balaban J connectivity index is 1.52. The second-order valence-corrected chi connectivity index (χ2v) is 9.21. The summed E-state index contributed by atoms with van der Waals surface area (Å²) < 4.78 is 39.8. The fourth-order valence-corrected chi connectivity index (χ4v) is 4.89. The molecule has 2 heterocycles. The number of nitrogens with zero attached hydrogens (tertiary/aromatic N) is 3. The first-order chi connectivity index (χ1) is 14.9. The van der Waals surface area contributed by atoms with Crippen LogP contribution in [0.2, 0.25) is 0 Å². The number of sulfonamides is 1. The third-order valence-corrected chi connectivity index (χ3v) is 7.12. The van der Waals surface area contributed by atoms with Gasteiger partial charge in [0.1, 0.15) is 12.4 Å². The molecule has 0 bridgehead atoms. The zero-order chi connectivity index (χ0) is 22.3. The van der Waals surface area contributed by atoms with Gasteiger partial charge in [-0.1, -0.05) is 0 Å². The van der Waals surface area contributed by atoms with Crippen molar-refractivity contribution in [2.75, 3.05) is 38.2 Å². The van der Waals surface area contributed by atoms with Crippen LogP contribution in [-0.2, 0) is 26.1 Å². The van der Waals surface area contributed by atoms with Crippen molar-refractivity contribution in [1.82, 2.24) is 14.1 Å². The molecule has 170 valence electrons. The number of aryl methyl sites for hydroxylation is 1. The summed E-state index contributed by atoms with van der Waals surface area (Å²) in [4.78, 5) is 12.7. The van der Waals surface area contributed by atoms with Crippen LogP contribution in [0.15, 0.2) is 41.6 Å². The minimum absolute atomic E-state index is 0.0961. The van der Waals surface area contributed by atoms with E-state index >= 15 is 0 Å². The summed E-state index contributed by atoms with van der Waals surface area (Å²) in [6.45, 7) is 6.75. The number of aromatic nitrogens is 2. The molecule has 1 amide bonds. The van der Waals surface area contributed by atoms with Gasteiger partial charge in [0.25, 0.3) is 0 Å². The van der Waals surface area contributed by atoms with E-state index in [4.69, 9.17) is 9.47 Å². The summed E-state index contributed by atoms with van der Waals surface area (Å²) in [5.41, 5.74) is 0.658. The molecule has 1 aromatic heterocycles. The summed E-state index contributed by atoms with van der Waals surface area (Å²) >= 11 is 0. The molecule has 9 nitrogen and oxygen atoms in total. The van der Waals surface area contributed by atoms with Gasteiger partial charge in [0.15, 0.2) is 0 Å². The standard InChI is InChI=1S/C21H30N4O5S/c1-3-24-16-18(15-22-24)23-21(26)17-9-11-25(12-10-17)31(27,28)20-7-5-19(6-8-20)30-14-13-29-4-2/h5-8,15-17H,3-4,9-14H2,1-2H3,(H,23,26). The number of piperidine rings is 1. The highest BCUT2D eigenvalue weighted by Gasteiger charge is 2.32. The van der Waals surface area contributed by atoms with Crippen molar-refractivity contribution in [3.8, 4) is 5.75 Å². The average molecular weight is 451 g/mol. The fraction of sp³-hybridized carbons (Fsp3) is 0.524. The summed E-state index contributed by atoms with van der Waals surface area (Å²) in [6, 6.07) is 6.40. The summed E-state index contributed by atoms with van der Waals surface area (Å²) in [5.74, 6) is 0.277. The molecule has 1 aromatic carbocycles. The number of carbonyl (C=O) groups excluding carboxylic acids is 1. The lowest BCUT2D eigenvalue weighted by Crippen LogP contribution is -2.41. The molecule has 31 heavy (non-hydrogen) atoms. The summed E-state index contributed by atoms with van der Waals surface area (Å²) in [6.07, 6.45) is 4.35. The lowest BCUT2D eigenvalue weighted by Gasteiger charge is -2.30. The number of ether oxygens (including phenoxy) is 2. The van der Waals surface area contributed by atoms with Crippen molar-refractivity contribution in [2.24, 2.45) is 5.92 Å². The predicted octanol–water partition coefficient (Wildman–Crippen LogP) is 2.36. The van der Waals surface area contributed by atoms with E-state index in [9.17, 15) is 13.2 Å². The Kier molecular flexibility index (Phi) is 8.05. The maximum absolute atomic E-state index is 13.0. The van der Waals surface area contributed by atoms with Gasteiger partial charge >= 0.3 is 0 Å². The molecule has 1 fully saturated rings. The number of amides is 1. The van der Waals surface area contributed by atoms with Gasteiger partial charge in [0, 0.05) is 38.4 Å². The van der Waals surface area contributed by atoms with Crippen molar-refractivity contribution < 1.29 is 22.7 Å². The third-order valence-electron chi connectivity index (χ3n) is 5.21. The normalized spacial score (nSPS) is 15.7. The number of anilines is 1. The third kappa shape index (κ3) is 6.05. The van der Waals surface area contributed by atoms with Gasteiger partial charge in [-0.3, -0.25) is 9.48 Å². The maximum Gasteiger partial charge on any atom is 0.243 e. The molecule has 1 aliphatic heterocycles. The smallest absolute Gasteiger partial charge is 0.243 e. The van der Waals surface area contributed by atoms with Crippen molar-refractivity contribution in [3.05, 3.63) is 36.7 Å². The Hall–Kier alpha value is -2.43. The zero-order valence-corrected chi connectivity index (χ0v) is 18.8. The highest BCUT2D eigenvalue weighted by atomic mass is 32.2. The SMILES string of the molecule is CCOCCOc1ccc(S(=O)(=O)N2CCC(C(=O)Nc3cnn(CC)c3)CC2)cc1. The van der Waals surface area contributed by atoms with Gasteiger partial charge < -0.3 is 14.8 Å². The second kappa shape index (κ2) is 10.7. The zero-order valence-electron chi connectivity index (χ0n) is 18.0. The van der Waals surface area contributed by atoms with Gasteiger partial charge in [-0.05, 0) is 51.0 Å². The number of hydrogen-bond donors (Lipinski definition) is 1. The van der Waals surface area contributed by atoms with Crippen molar-refractivity contribution >= 4 is 21.6 Å². The quantitative estimate of drug-likeness (QED) is 0.558. The van der Waals surface area contributed by atoms with Crippen LogP contribution in [0.4, 0.5) is 5.69 Å². The first-order valence-electron chi connectivity index (χ1n) is 10.6. The molecular weight excluding hydrogens is 420 g/mol. The number of carbonyl (C=O) groups is 1. The molecule has 0 saturated carbocycles. The molecule has 1 saturated heterocycles. The molecule has 0 radical (unpaired) electrons. The topological polar surface area (TPSA) is 103 Å². The van der Waals surface area contributed by atoms with Gasteiger partial charge in [-0.25, -0.2) is 8.42 Å². The van der Waals surface area contributed by atoms with E-state index in [-0.39, 0.29) is 16.7 Å². The fourth-order valence-electron chi connectivity index (χ4n) is 3.42. The molecule has 10 heteroatoms. The Bertz CT molecular complexity index is 950. The Labute approximate surface area is 183 Å². The minimum Gasteiger partial charge on any atom is -0.491 e. The Morgan fingerprint density at radius 3 is 2.48 bits per heavy atom. The minimum atomic E-state index is -3.61. The molecular formula is C21H30N4O5S. The van der Waals surface area contributed by atoms with Gasteiger partial charge in [-0.2, -0.15) is 9.40 Å². The molecule has 2 aromatic rings. The van der Waals surface area contributed by atoms with Crippen LogP contribution < -0.4 is 10.1 Å². The van der Waals surface area contributed by atoms with Crippen LogP contribution in [-0.4, -0.2) is 61.3 Å². The van der Waals surface area contributed by atoms with E-state index in [1.807, 2.05) is 13.8 Å². The lowest BCUT2D eigenvalue weighted by atomic mass is 9.97. The molecule has 0 unspecified atom stereocenters.